The van der Waals surface area contributed by atoms with Crippen molar-refractivity contribution in [1.82, 2.24) is 30.0 Å². The first kappa shape index (κ1) is 18.9. The van der Waals surface area contributed by atoms with E-state index < -0.39 is 0 Å². The van der Waals surface area contributed by atoms with E-state index in [9.17, 15) is 0 Å². The van der Waals surface area contributed by atoms with Crippen molar-refractivity contribution in [2.45, 2.75) is 19.9 Å². The molecule has 30 heavy (non-hydrogen) atoms. The van der Waals surface area contributed by atoms with Crippen molar-refractivity contribution < 1.29 is 9.26 Å². The highest BCUT2D eigenvalue weighted by Gasteiger charge is 2.14. The van der Waals surface area contributed by atoms with Crippen LogP contribution in [0.3, 0.4) is 0 Å². The fourth-order valence-corrected chi connectivity index (χ4v) is 3.68. The zero-order valence-electron chi connectivity index (χ0n) is 17.0. The number of fused-ring (bicyclic) bond motifs is 1. The molecule has 0 saturated carbocycles. The number of benzene rings is 2. The zero-order valence-corrected chi connectivity index (χ0v) is 17.0. The second-order valence-electron chi connectivity index (χ2n) is 7.44. The molecular formula is C22H24N6O2. The number of morpholine rings is 1. The third kappa shape index (κ3) is 3.83. The molecule has 0 radical (unpaired) electrons. The van der Waals surface area contributed by atoms with E-state index in [1.54, 1.807) is 0 Å². The molecule has 0 aliphatic carbocycles. The lowest BCUT2D eigenvalue weighted by molar-refractivity contribution is 0.0360. The predicted octanol–water partition coefficient (Wildman–Crippen LogP) is 3.04. The molecule has 0 spiro atoms. The van der Waals surface area contributed by atoms with Crippen molar-refractivity contribution in [3.8, 4) is 22.8 Å². The van der Waals surface area contributed by atoms with Crippen LogP contribution in [0.2, 0.25) is 0 Å². The fourth-order valence-electron chi connectivity index (χ4n) is 3.68. The molecule has 0 bridgehead atoms. The maximum atomic E-state index is 5.48. The quantitative estimate of drug-likeness (QED) is 0.488. The number of rotatable bonds is 6. The standard InChI is InChI=1S/C22H24N6O2/c1-2-16-3-5-17(6-4-16)22-23-21(25-30-22)18-7-8-20-19(15-18)24-26-28(20)10-9-27-11-13-29-14-12-27/h3-8,15H,2,9-14H2,1H3. The Morgan fingerprint density at radius 2 is 1.77 bits per heavy atom. The number of ether oxygens (including phenoxy) is 1. The lowest BCUT2D eigenvalue weighted by Gasteiger charge is -2.26. The molecule has 4 aromatic rings. The van der Waals surface area contributed by atoms with Gasteiger partial charge >= 0.3 is 0 Å². The summed E-state index contributed by atoms with van der Waals surface area (Å²) in [6.07, 6.45) is 1.00. The molecule has 1 fully saturated rings. The van der Waals surface area contributed by atoms with Crippen LogP contribution in [0.5, 0.6) is 0 Å². The van der Waals surface area contributed by atoms with Gasteiger partial charge in [-0.15, -0.1) is 5.10 Å². The van der Waals surface area contributed by atoms with Gasteiger partial charge in [-0.1, -0.05) is 29.4 Å². The SMILES string of the molecule is CCc1ccc(-c2nc(-c3ccc4c(c3)nnn4CCN3CCOCC3)no2)cc1. The third-order valence-corrected chi connectivity index (χ3v) is 5.54. The van der Waals surface area contributed by atoms with Gasteiger partial charge in [-0.3, -0.25) is 4.90 Å². The monoisotopic (exact) mass is 404 g/mol. The minimum absolute atomic E-state index is 0.516. The Kier molecular flexibility index (Phi) is 5.25. The number of nitrogens with zero attached hydrogens (tertiary/aromatic N) is 6. The Morgan fingerprint density at radius 1 is 0.967 bits per heavy atom. The van der Waals surface area contributed by atoms with Crippen LogP contribution in [-0.2, 0) is 17.7 Å². The van der Waals surface area contributed by atoms with Gasteiger partial charge in [-0.25, -0.2) is 4.68 Å². The Bertz CT molecular complexity index is 1130. The first-order chi connectivity index (χ1) is 14.8. The van der Waals surface area contributed by atoms with Crippen molar-refractivity contribution >= 4 is 11.0 Å². The van der Waals surface area contributed by atoms with Crippen molar-refractivity contribution in [3.63, 3.8) is 0 Å². The molecule has 2 aromatic carbocycles. The van der Waals surface area contributed by atoms with E-state index in [0.717, 1.165) is 68.0 Å². The smallest absolute Gasteiger partial charge is 0.258 e. The minimum Gasteiger partial charge on any atom is -0.379 e. The Morgan fingerprint density at radius 3 is 2.57 bits per heavy atom. The Balaban J connectivity index is 1.33. The van der Waals surface area contributed by atoms with Gasteiger partial charge in [0.05, 0.1) is 25.3 Å². The van der Waals surface area contributed by atoms with Gasteiger partial charge in [-0.05, 0) is 42.3 Å². The Labute approximate surface area is 174 Å². The van der Waals surface area contributed by atoms with Gasteiger partial charge in [0, 0.05) is 30.8 Å². The molecule has 8 heteroatoms. The highest BCUT2D eigenvalue weighted by molar-refractivity contribution is 5.80. The van der Waals surface area contributed by atoms with E-state index >= 15 is 0 Å². The molecule has 3 heterocycles. The summed E-state index contributed by atoms with van der Waals surface area (Å²) >= 11 is 0. The molecule has 5 rings (SSSR count). The van der Waals surface area contributed by atoms with E-state index in [0.29, 0.717) is 11.7 Å². The van der Waals surface area contributed by atoms with Gasteiger partial charge in [0.1, 0.15) is 5.52 Å². The van der Waals surface area contributed by atoms with Crippen molar-refractivity contribution in [3.05, 3.63) is 48.0 Å². The summed E-state index contributed by atoms with van der Waals surface area (Å²) in [5.74, 6) is 1.07. The number of aryl methyl sites for hydroxylation is 1. The molecule has 0 atom stereocenters. The first-order valence-corrected chi connectivity index (χ1v) is 10.4. The lowest BCUT2D eigenvalue weighted by Crippen LogP contribution is -2.38. The van der Waals surface area contributed by atoms with E-state index in [4.69, 9.17) is 9.26 Å². The zero-order chi connectivity index (χ0) is 20.3. The van der Waals surface area contributed by atoms with Gasteiger partial charge < -0.3 is 9.26 Å². The molecule has 8 nitrogen and oxygen atoms in total. The average Bonchev–Trinajstić information content (AvgIpc) is 3.45. The molecule has 0 unspecified atom stereocenters. The molecule has 0 amide bonds. The summed E-state index contributed by atoms with van der Waals surface area (Å²) in [6, 6.07) is 14.2. The van der Waals surface area contributed by atoms with Crippen LogP contribution in [0, 0.1) is 0 Å². The predicted molar refractivity (Wildman–Crippen MR) is 113 cm³/mol. The van der Waals surface area contributed by atoms with Crippen LogP contribution in [-0.4, -0.2) is 62.9 Å². The van der Waals surface area contributed by atoms with E-state index in [-0.39, 0.29) is 0 Å². The van der Waals surface area contributed by atoms with Gasteiger partial charge in [0.25, 0.3) is 5.89 Å². The maximum Gasteiger partial charge on any atom is 0.258 e. The summed E-state index contributed by atoms with van der Waals surface area (Å²) in [5.41, 5.74) is 4.89. The number of aromatic nitrogens is 5. The van der Waals surface area contributed by atoms with Crippen LogP contribution in [0.1, 0.15) is 12.5 Å². The van der Waals surface area contributed by atoms with E-state index in [1.165, 1.54) is 5.56 Å². The number of hydrogen-bond acceptors (Lipinski definition) is 7. The highest BCUT2D eigenvalue weighted by Crippen LogP contribution is 2.25. The Hall–Kier alpha value is -3.10. The summed E-state index contributed by atoms with van der Waals surface area (Å²) in [7, 11) is 0. The highest BCUT2D eigenvalue weighted by atomic mass is 16.5. The lowest BCUT2D eigenvalue weighted by atomic mass is 10.1. The average molecular weight is 404 g/mol. The number of hydrogen-bond donors (Lipinski definition) is 0. The van der Waals surface area contributed by atoms with E-state index in [2.05, 4.69) is 44.4 Å². The molecule has 154 valence electrons. The first-order valence-electron chi connectivity index (χ1n) is 10.4. The molecule has 1 aliphatic heterocycles. The summed E-state index contributed by atoms with van der Waals surface area (Å²) in [4.78, 5) is 6.95. The van der Waals surface area contributed by atoms with Crippen LogP contribution < -0.4 is 0 Å². The molecule has 0 N–H and O–H groups in total. The van der Waals surface area contributed by atoms with Crippen LogP contribution in [0.25, 0.3) is 33.9 Å². The van der Waals surface area contributed by atoms with Crippen LogP contribution in [0.4, 0.5) is 0 Å². The summed E-state index contributed by atoms with van der Waals surface area (Å²) in [6.45, 7) is 7.42. The summed E-state index contributed by atoms with van der Waals surface area (Å²) < 4.78 is 12.8. The largest absolute Gasteiger partial charge is 0.379 e. The van der Waals surface area contributed by atoms with Crippen molar-refractivity contribution in [2.24, 2.45) is 0 Å². The molecular weight excluding hydrogens is 380 g/mol. The normalized spacial score (nSPS) is 15.1. The maximum absolute atomic E-state index is 5.48. The topological polar surface area (TPSA) is 82.1 Å². The molecule has 2 aromatic heterocycles. The fraction of sp³-hybridized carbons (Fsp3) is 0.364. The second kappa shape index (κ2) is 8.33. The van der Waals surface area contributed by atoms with Gasteiger partial charge in [-0.2, -0.15) is 4.98 Å². The third-order valence-electron chi connectivity index (χ3n) is 5.54. The van der Waals surface area contributed by atoms with E-state index in [1.807, 2.05) is 35.0 Å². The summed E-state index contributed by atoms with van der Waals surface area (Å²) in [5, 5.41) is 12.8. The van der Waals surface area contributed by atoms with Crippen LogP contribution in [0.15, 0.2) is 47.0 Å². The minimum atomic E-state index is 0.516. The van der Waals surface area contributed by atoms with Crippen molar-refractivity contribution in [2.75, 3.05) is 32.8 Å². The van der Waals surface area contributed by atoms with Crippen molar-refractivity contribution in [1.29, 1.82) is 0 Å². The van der Waals surface area contributed by atoms with Crippen LogP contribution >= 0.6 is 0 Å². The molecule has 1 saturated heterocycles. The van der Waals surface area contributed by atoms with Gasteiger partial charge in [0.2, 0.25) is 5.82 Å². The van der Waals surface area contributed by atoms with Gasteiger partial charge in [0.15, 0.2) is 0 Å². The second-order valence-corrected chi connectivity index (χ2v) is 7.44. The molecule has 1 aliphatic rings.